The monoisotopic (exact) mass is 420 g/mol. The maximum atomic E-state index is 2.45. The molecule has 30 heavy (non-hydrogen) atoms. The van der Waals surface area contributed by atoms with E-state index >= 15 is 0 Å². The highest BCUT2D eigenvalue weighted by Crippen LogP contribution is 2.28. The zero-order valence-electron chi connectivity index (χ0n) is 17.7. The van der Waals surface area contributed by atoms with Gasteiger partial charge in [0.15, 0.2) is 6.21 Å². The van der Waals surface area contributed by atoms with E-state index in [1.807, 2.05) is 0 Å². The van der Waals surface area contributed by atoms with E-state index in [9.17, 15) is 0 Å². The van der Waals surface area contributed by atoms with Crippen molar-refractivity contribution in [2.24, 2.45) is 0 Å². The summed E-state index contributed by atoms with van der Waals surface area (Å²) >= 11 is 0. The molecule has 3 heteroatoms. The highest BCUT2D eigenvalue weighted by atomic mass is 35.5. The van der Waals surface area contributed by atoms with Crippen molar-refractivity contribution >= 4 is 6.21 Å². The fraction of sp³-hybridized carbons (Fsp3) is 0.370. The molecular formula is C27H33ClN2. The van der Waals surface area contributed by atoms with E-state index in [1.54, 1.807) is 0 Å². The third-order valence-electron chi connectivity index (χ3n) is 6.42. The molecule has 2 aromatic rings. The summed E-state index contributed by atoms with van der Waals surface area (Å²) in [6.45, 7) is 4.61. The summed E-state index contributed by atoms with van der Waals surface area (Å²) < 4.78 is 2.45. The number of rotatable bonds is 5. The second kappa shape index (κ2) is 11.8. The van der Waals surface area contributed by atoms with Crippen LogP contribution in [0.3, 0.4) is 0 Å². The summed E-state index contributed by atoms with van der Waals surface area (Å²) in [5, 5.41) is 0. The van der Waals surface area contributed by atoms with Gasteiger partial charge in [-0.25, -0.2) is 4.58 Å². The van der Waals surface area contributed by atoms with E-state index in [-0.39, 0.29) is 12.4 Å². The molecule has 0 saturated carbocycles. The van der Waals surface area contributed by atoms with Crippen LogP contribution in [0.25, 0.3) is 0 Å². The first-order chi connectivity index (χ1) is 14.4. The maximum Gasteiger partial charge on any atom is 0.163 e. The lowest BCUT2D eigenvalue weighted by atomic mass is 9.90. The second-order valence-corrected chi connectivity index (χ2v) is 8.32. The Morgan fingerprint density at radius 1 is 0.667 bits per heavy atom. The molecule has 0 N–H and O–H groups in total. The number of benzene rings is 2. The minimum atomic E-state index is 0. The molecule has 0 amide bonds. The summed E-state index contributed by atoms with van der Waals surface area (Å²) in [5.74, 6) is 1.45. The topological polar surface area (TPSA) is 6.25 Å². The minimum absolute atomic E-state index is 0. The zero-order valence-corrected chi connectivity index (χ0v) is 18.5. The van der Waals surface area contributed by atoms with E-state index in [1.165, 1.54) is 36.8 Å². The van der Waals surface area contributed by atoms with Gasteiger partial charge in [-0.05, 0) is 48.1 Å². The second-order valence-electron chi connectivity index (χ2n) is 8.32. The quantitative estimate of drug-likeness (QED) is 0.532. The summed E-state index contributed by atoms with van der Waals surface area (Å²) in [4.78, 5) is 2.45. The van der Waals surface area contributed by atoms with Gasteiger partial charge in [0.25, 0.3) is 0 Å². The van der Waals surface area contributed by atoms with Gasteiger partial charge in [0.05, 0.1) is 0 Å². The van der Waals surface area contributed by atoms with E-state index in [0.717, 1.165) is 38.0 Å². The molecule has 2 aliphatic heterocycles. The highest BCUT2D eigenvalue weighted by molar-refractivity contribution is 5.66. The van der Waals surface area contributed by atoms with Crippen molar-refractivity contribution in [2.45, 2.75) is 37.5 Å². The lowest BCUT2D eigenvalue weighted by Gasteiger charge is -2.31. The predicted octanol–water partition coefficient (Wildman–Crippen LogP) is 2.60. The first-order valence-electron chi connectivity index (χ1n) is 11.1. The van der Waals surface area contributed by atoms with Crippen LogP contribution in [-0.4, -0.2) is 41.9 Å². The van der Waals surface area contributed by atoms with Gasteiger partial charge in [0, 0.05) is 32.0 Å². The van der Waals surface area contributed by atoms with E-state index < -0.39 is 0 Å². The molecule has 0 bridgehead atoms. The standard InChI is InChI=1S/C27H33N2.ClH/c1-4-10-24(11-5-1)26-14-20-28(21-15-26)18-8-3-9-19-29-22-16-27(17-23-29)25-12-6-2-7-13-25;/h1-13,18-19,26-27H,14-17,20-23H2;1H/q+1;/p-1. The Balaban J connectivity index is 0.00000256. The van der Waals surface area contributed by atoms with Gasteiger partial charge in [0.1, 0.15) is 13.1 Å². The summed E-state index contributed by atoms with van der Waals surface area (Å²) in [5.41, 5.74) is 3.00. The highest BCUT2D eigenvalue weighted by Gasteiger charge is 2.21. The molecule has 0 unspecified atom stereocenters. The molecule has 158 valence electrons. The number of halogens is 1. The molecule has 2 aromatic carbocycles. The fourth-order valence-electron chi connectivity index (χ4n) is 4.62. The van der Waals surface area contributed by atoms with Crippen LogP contribution < -0.4 is 12.4 Å². The Morgan fingerprint density at radius 3 is 1.77 bits per heavy atom. The van der Waals surface area contributed by atoms with Crippen molar-refractivity contribution in [3.8, 4) is 0 Å². The molecule has 2 nitrogen and oxygen atoms in total. The van der Waals surface area contributed by atoms with Crippen LogP contribution in [0.5, 0.6) is 0 Å². The Labute approximate surface area is 188 Å². The Hall–Kier alpha value is -2.32. The molecule has 2 fully saturated rings. The first-order valence-corrected chi connectivity index (χ1v) is 11.1. The van der Waals surface area contributed by atoms with Gasteiger partial charge >= 0.3 is 0 Å². The van der Waals surface area contributed by atoms with Crippen LogP contribution in [0.15, 0.2) is 85.1 Å². The van der Waals surface area contributed by atoms with Gasteiger partial charge in [-0.3, -0.25) is 0 Å². The van der Waals surface area contributed by atoms with Crippen LogP contribution in [-0.2, 0) is 0 Å². The smallest absolute Gasteiger partial charge is 0.163 e. The average Bonchev–Trinajstić information content (AvgIpc) is 2.81. The van der Waals surface area contributed by atoms with Gasteiger partial charge in [-0.2, -0.15) is 0 Å². The lowest BCUT2D eigenvalue weighted by molar-refractivity contribution is -0.533. The lowest BCUT2D eigenvalue weighted by Crippen LogP contribution is -3.00. The third-order valence-corrected chi connectivity index (χ3v) is 6.42. The van der Waals surface area contributed by atoms with Gasteiger partial charge < -0.3 is 17.3 Å². The number of allylic oxidation sites excluding steroid dienone is 3. The van der Waals surface area contributed by atoms with Crippen molar-refractivity contribution < 1.29 is 17.0 Å². The van der Waals surface area contributed by atoms with E-state index in [2.05, 4.69) is 101 Å². The molecular weight excluding hydrogens is 388 g/mol. The molecule has 2 heterocycles. The number of hydrogen-bond donors (Lipinski definition) is 0. The number of hydrogen-bond acceptors (Lipinski definition) is 1. The minimum Gasteiger partial charge on any atom is -1.00 e. The molecule has 4 rings (SSSR count). The maximum absolute atomic E-state index is 2.45. The Kier molecular flexibility index (Phi) is 8.77. The van der Waals surface area contributed by atoms with Gasteiger partial charge in [0.2, 0.25) is 0 Å². The summed E-state index contributed by atoms with van der Waals surface area (Å²) in [6.07, 6.45) is 16.1. The first kappa shape index (κ1) is 22.4. The Morgan fingerprint density at radius 2 is 1.20 bits per heavy atom. The van der Waals surface area contributed by atoms with Crippen LogP contribution in [0.2, 0.25) is 0 Å². The van der Waals surface area contributed by atoms with Crippen molar-refractivity contribution in [1.82, 2.24) is 4.90 Å². The summed E-state index contributed by atoms with van der Waals surface area (Å²) in [7, 11) is 0. The van der Waals surface area contributed by atoms with Crippen LogP contribution >= 0.6 is 0 Å². The van der Waals surface area contributed by atoms with Crippen molar-refractivity contribution in [3.05, 3.63) is 96.2 Å². The fourth-order valence-corrected chi connectivity index (χ4v) is 4.62. The molecule has 2 saturated heterocycles. The molecule has 0 aromatic heterocycles. The van der Waals surface area contributed by atoms with Crippen LogP contribution in [0.4, 0.5) is 0 Å². The predicted molar refractivity (Wildman–Crippen MR) is 123 cm³/mol. The van der Waals surface area contributed by atoms with Crippen molar-refractivity contribution in [3.63, 3.8) is 0 Å². The molecule has 0 aliphatic carbocycles. The summed E-state index contributed by atoms with van der Waals surface area (Å²) in [6, 6.07) is 22.0. The molecule has 2 aliphatic rings. The normalized spacial score (nSPS) is 20.5. The number of nitrogens with zero attached hydrogens (tertiary/aromatic N) is 2. The van der Waals surface area contributed by atoms with Crippen molar-refractivity contribution in [2.75, 3.05) is 26.2 Å². The number of piperidine rings is 2. The number of likely N-dealkylation sites (tertiary alicyclic amines) is 1. The largest absolute Gasteiger partial charge is 1.00 e. The molecule has 0 spiro atoms. The Bertz CT molecular complexity index is 824. The van der Waals surface area contributed by atoms with E-state index in [0.29, 0.717) is 0 Å². The third kappa shape index (κ3) is 6.34. The van der Waals surface area contributed by atoms with Crippen LogP contribution in [0.1, 0.15) is 48.6 Å². The van der Waals surface area contributed by atoms with Gasteiger partial charge in [-0.1, -0.05) is 66.7 Å². The average molecular weight is 421 g/mol. The SMILES string of the molecule is C(=CC=[N+]1CCC(c2ccccc2)CC1)C=CN1CCC(c2ccccc2)CC1.[Cl-]. The van der Waals surface area contributed by atoms with Gasteiger partial charge in [-0.15, -0.1) is 0 Å². The van der Waals surface area contributed by atoms with Crippen molar-refractivity contribution in [1.29, 1.82) is 0 Å². The van der Waals surface area contributed by atoms with Crippen LogP contribution in [0, 0.1) is 0 Å². The van der Waals surface area contributed by atoms with E-state index in [4.69, 9.17) is 0 Å². The molecule has 0 atom stereocenters. The molecule has 0 radical (unpaired) electrons. The zero-order chi connectivity index (χ0) is 19.7.